The van der Waals surface area contributed by atoms with Gasteiger partial charge < -0.3 is 19.7 Å². The zero-order valence-corrected chi connectivity index (χ0v) is 21.1. The molecular weight excluding hydrogens is 481 g/mol. The van der Waals surface area contributed by atoms with E-state index in [4.69, 9.17) is 11.6 Å². The van der Waals surface area contributed by atoms with Crippen LogP contribution in [0.2, 0.25) is 5.02 Å². The molecule has 0 bridgehead atoms. The lowest BCUT2D eigenvalue weighted by molar-refractivity contribution is 0.0839. The number of nitrogens with zero attached hydrogens (tertiary/aromatic N) is 3. The van der Waals surface area contributed by atoms with Gasteiger partial charge in [0.1, 0.15) is 11.6 Å². The third kappa shape index (κ3) is 4.29. The Morgan fingerprint density at radius 2 is 1.67 bits per heavy atom. The summed E-state index contributed by atoms with van der Waals surface area (Å²) in [7, 11) is 1.65. The van der Waals surface area contributed by atoms with E-state index in [9.17, 15) is 19.4 Å². The van der Waals surface area contributed by atoms with E-state index in [1.807, 2.05) is 32.0 Å². The van der Waals surface area contributed by atoms with Crippen LogP contribution in [-0.2, 0) is 7.05 Å². The van der Waals surface area contributed by atoms with Gasteiger partial charge in [-0.2, -0.15) is 0 Å². The Morgan fingerprint density at radius 3 is 2.25 bits per heavy atom. The van der Waals surface area contributed by atoms with Crippen LogP contribution in [0.1, 0.15) is 18.9 Å². The first kappa shape index (κ1) is 24.2. The Morgan fingerprint density at radius 1 is 1.00 bits per heavy atom. The molecule has 36 heavy (non-hydrogen) atoms. The molecular formula is C28H27ClFN3O3. The molecule has 0 radical (unpaired) electrons. The molecule has 1 saturated heterocycles. The van der Waals surface area contributed by atoms with Crippen LogP contribution in [-0.4, -0.2) is 38.0 Å². The van der Waals surface area contributed by atoms with E-state index in [1.165, 1.54) is 21.3 Å². The predicted octanol–water partition coefficient (Wildman–Crippen LogP) is 5.28. The van der Waals surface area contributed by atoms with Crippen LogP contribution in [0.5, 0.6) is 5.75 Å². The summed E-state index contributed by atoms with van der Waals surface area (Å²) in [4.78, 5) is 14.4. The summed E-state index contributed by atoms with van der Waals surface area (Å²) in [6.07, 6.45) is 3.92. The number of imidazole rings is 1. The number of hydrogen-bond donors (Lipinski definition) is 2. The lowest BCUT2D eigenvalue weighted by Gasteiger charge is -2.23. The van der Waals surface area contributed by atoms with Gasteiger partial charge in [-0.25, -0.2) is 9.18 Å². The smallest absolute Gasteiger partial charge is 0.332 e. The van der Waals surface area contributed by atoms with Gasteiger partial charge in [-0.15, -0.1) is 0 Å². The summed E-state index contributed by atoms with van der Waals surface area (Å²) in [6.45, 7) is 5.03. The second-order valence-electron chi connectivity index (χ2n) is 9.75. The van der Waals surface area contributed by atoms with Crippen molar-refractivity contribution < 1.29 is 14.6 Å². The maximum absolute atomic E-state index is 14.8. The van der Waals surface area contributed by atoms with Crippen molar-refractivity contribution in [1.29, 1.82) is 0 Å². The summed E-state index contributed by atoms with van der Waals surface area (Å²) in [5.74, 6) is -0.566. The molecule has 0 amide bonds. The summed E-state index contributed by atoms with van der Waals surface area (Å²) in [6, 6.07) is 13.3. The third-order valence-electron chi connectivity index (χ3n) is 6.85. The third-order valence-corrected chi connectivity index (χ3v) is 7.16. The Balaban J connectivity index is 1.56. The van der Waals surface area contributed by atoms with E-state index in [0.717, 1.165) is 11.3 Å². The molecule has 1 aliphatic heterocycles. The maximum Gasteiger partial charge on any atom is 0.332 e. The van der Waals surface area contributed by atoms with Gasteiger partial charge in [-0.3, -0.25) is 4.57 Å². The highest BCUT2D eigenvalue weighted by molar-refractivity contribution is 6.32. The van der Waals surface area contributed by atoms with Gasteiger partial charge in [0.2, 0.25) is 0 Å². The minimum Gasteiger partial charge on any atom is -0.507 e. The summed E-state index contributed by atoms with van der Waals surface area (Å²) < 4.78 is 17.7. The molecule has 6 nitrogen and oxygen atoms in total. The molecule has 8 heteroatoms. The maximum atomic E-state index is 14.8. The second-order valence-corrected chi connectivity index (χ2v) is 10.2. The number of aliphatic hydroxyl groups is 1. The van der Waals surface area contributed by atoms with Crippen LogP contribution in [0, 0.1) is 12.7 Å². The SMILES string of the molecule is Cc1ccc(-c2cc(F)cc(-c3ccc(-n4ccn(C)c4=O)c(Cl)c3)c2O)cc1N1CC[C@@](C)(O)C1. The van der Waals surface area contributed by atoms with Gasteiger partial charge >= 0.3 is 5.69 Å². The van der Waals surface area contributed by atoms with Crippen LogP contribution in [0.4, 0.5) is 10.1 Å². The number of aryl methyl sites for hydroxylation is 2. The van der Waals surface area contributed by atoms with Crippen LogP contribution in [0.15, 0.2) is 65.7 Å². The number of benzene rings is 3. The molecule has 0 unspecified atom stereocenters. The molecule has 1 atom stereocenters. The minimum atomic E-state index is -0.757. The fourth-order valence-corrected chi connectivity index (χ4v) is 5.10. The minimum absolute atomic E-state index is 0.0692. The Kier molecular flexibility index (Phi) is 5.93. The normalized spacial score (nSPS) is 17.7. The first-order valence-electron chi connectivity index (χ1n) is 11.7. The molecule has 0 saturated carbocycles. The van der Waals surface area contributed by atoms with Gasteiger partial charge in [-0.1, -0.05) is 29.8 Å². The van der Waals surface area contributed by atoms with Gasteiger partial charge in [0.05, 0.1) is 16.3 Å². The van der Waals surface area contributed by atoms with Crippen molar-refractivity contribution in [2.45, 2.75) is 25.9 Å². The highest BCUT2D eigenvalue weighted by Gasteiger charge is 2.32. The lowest BCUT2D eigenvalue weighted by atomic mass is 9.95. The van der Waals surface area contributed by atoms with E-state index in [0.29, 0.717) is 52.5 Å². The average molecular weight is 508 g/mol. The Hall–Kier alpha value is -3.55. The Bertz CT molecular complexity index is 1540. The number of phenols is 1. The van der Waals surface area contributed by atoms with Crippen LogP contribution in [0.25, 0.3) is 27.9 Å². The summed E-state index contributed by atoms with van der Waals surface area (Å²) in [5, 5.41) is 21.9. The van der Waals surface area contributed by atoms with Crippen LogP contribution < -0.4 is 10.6 Å². The van der Waals surface area contributed by atoms with Gasteiger partial charge in [0.25, 0.3) is 0 Å². The number of hydrogen-bond acceptors (Lipinski definition) is 4. The van der Waals surface area contributed by atoms with Crippen molar-refractivity contribution in [3.63, 3.8) is 0 Å². The number of halogens is 2. The first-order valence-corrected chi connectivity index (χ1v) is 12.1. The monoisotopic (exact) mass is 507 g/mol. The average Bonchev–Trinajstić information content (AvgIpc) is 3.36. The largest absolute Gasteiger partial charge is 0.507 e. The zero-order chi connectivity index (χ0) is 25.8. The van der Waals surface area contributed by atoms with Crippen molar-refractivity contribution in [3.8, 4) is 33.7 Å². The fourth-order valence-electron chi connectivity index (χ4n) is 4.82. The highest BCUT2D eigenvalue weighted by atomic mass is 35.5. The fraction of sp³-hybridized carbons (Fsp3) is 0.250. The molecule has 2 heterocycles. The lowest BCUT2D eigenvalue weighted by Crippen LogP contribution is -2.29. The molecule has 5 rings (SSSR count). The molecule has 1 fully saturated rings. The standard InChI is InChI=1S/C28H27ClFN3O3/c1-17-4-5-19(13-25(17)32-9-8-28(2,36)16-32)22-15-20(30)14-21(26(22)34)18-6-7-24(23(29)12-18)33-11-10-31(3)27(33)35/h4-7,10-15,34,36H,8-9,16H2,1-3H3/t28-/m1/s1. The number of aromatic hydroxyl groups is 1. The number of anilines is 1. The van der Waals surface area contributed by atoms with E-state index in [-0.39, 0.29) is 11.4 Å². The van der Waals surface area contributed by atoms with Crippen molar-refractivity contribution in [2.24, 2.45) is 7.05 Å². The highest BCUT2D eigenvalue weighted by Crippen LogP contribution is 2.42. The molecule has 4 aromatic rings. The first-order chi connectivity index (χ1) is 17.0. The number of aromatic nitrogens is 2. The predicted molar refractivity (Wildman–Crippen MR) is 141 cm³/mol. The van der Waals surface area contributed by atoms with E-state index < -0.39 is 11.4 Å². The second kappa shape index (κ2) is 8.84. The van der Waals surface area contributed by atoms with E-state index in [2.05, 4.69) is 4.90 Å². The zero-order valence-electron chi connectivity index (χ0n) is 20.3. The Labute approximate surface area is 213 Å². The molecule has 2 N–H and O–H groups in total. The van der Waals surface area contributed by atoms with Gasteiger partial charge in [0.15, 0.2) is 0 Å². The number of rotatable bonds is 4. The summed E-state index contributed by atoms with van der Waals surface area (Å²) in [5.41, 5.74) is 3.31. The van der Waals surface area contributed by atoms with Crippen molar-refractivity contribution in [2.75, 3.05) is 18.0 Å². The molecule has 186 valence electrons. The van der Waals surface area contributed by atoms with Crippen LogP contribution >= 0.6 is 11.6 Å². The molecule has 3 aromatic carbocycles. The quantitative estimate of drug-likeness (QED) is 0.394. The van der Waals surface area contributed by atoms with E-state index >= 15 is 0 Å². The van der Waals surface area contributed by atoms with Gasteiger partial charge in [-0.05, 0) is 67.3 Å². The molecule has 0 aliphatic carbocycles. The topological polar surface area (TPSA) is 70.6 Å². The van der Waals surface area contributed by atoms with E-state index in [1.54, 1.807) is 37.6 Å². The van der Waals surface area contributed by atoms with Crippen molar-refractivity contribution >= 4 is 17.3 Å². The molecule has 1 aromatic heterocycles. The van der Waals surface area contributed by atoms with Crippen molar-refractivity contribution in [3.05, 3.63) is 87.8 Å². The van der Waals surface area contributed by atoms with Gasteiger partial charge in [0, 0.05) is 49.3 Å². The van der Waals surface area contributed by atoms with Crippen LogP contribution in [0.3, 0.4) is 0 Å². The van der Waals surface area contributed by atoms with Crippen molar-refractivity contribution in [1.82, 2.24) is 9.13 Å². The summed E-state index contributed by atoms with van der Waals surface area (Å²) >= 11 is 6.51. The number of phenolic OH excluding ortho intramolecular Hbond substituents is 1. The molecule has 1 aliphatic rings. The molecule has 0 spiro atoms. The number of β-amino-alcohol motifs (C(OH)–C–C–N with tert-alkyl or cyclic N) is 1.